The molecule has 2 heterocycles. The number of aromatic amines is 1. The van der Waals surface area contributed by atoms with E-state index < -0.39 is 0 Å². The van der Waals surface area contributed by atoms with Crippen molar-refractivity contribution in [1.29, 1.82) is 0 Å². The van der Waals surface area contributed by atoms with Gasteiger partial charge in [0.05, 0.1) is 5.39 Å². The summed E-state index contributed by atoms with van der Waals surface area (Å²) in [4.78, 5) is 17.7. The van der Waals surface area contributed by atoms with Crippen LogP contribution in [0.15, 0.2) is 33.9 Å². The van der Waals surface area contributed by atoms with Crippen molar-refractivity contribution in [1.82, 2.24) is 9.97 Å². The van der Waals surface area contributed by atoms with Crippen molar-refractivity contribution in [2.75, 3.05) is 0 Å². The molecule has 68 valence electrons. The van der Waals surface area contributed by atoms with Crippen molar-refractivity contribution in [3.8, 4) is 0 Å². The van der Waals surface area contributed by atoms with E-state index >= 15 is 0 Å². The van der Waals surface area contributed by atoms with Crippen LogP contribution in [0.25, 0.3) is 10.8 Å². The Morgan fingerprint density at radius 3 is 2.85 bits per heavy atom. The van der Waals surface area contributed by atoms with E-state index in [-0.39, 0.29) is 22.5 Å². The van der Waals surface area contributed by atoms with Crippen molar-refractivity contribution in [3.05, 3.63) is 39.5 Å². The molecule has 0 saturated heterocycles. The molecule has 0 fully saturated rings. The maximum Gasteiger partial charge on any atom is 0.257 e. The lowest BCUT2D eigenvalue weighted by molar-refractivity contribution is 1.24. The maximum absolute atomic E-state index is 11.2. The van der Waals surface area contributed by atoms with Gasteiger partial charge in [0, 0.05) is 28.4 Å². The first-order valence-electron chi connectivity index (χ1n) is 3.40. The highest BCUT2D eigenvalue weighted by atomic mass is 79.9. The normalized spacial score (nSPS) is 9.62. The SMILES string of the molecule is Br.O=c1[nH]cc(Br)c2ccncc12. The van der Waals surface area contributed by atoms with E-state index in [2.05, 4.69) is 25.9 Å². The average molecular weight is 306 g/mol. The van der Waals surface area contributed by atoms with E-state index in [1.807, 2.05) is 0 Å². The molecule has 2 aromatic heterocycles. The molecule has 0 amide bonds. The van der Waals surface area contributed by atoms with Crippen LogP contribution in [0.2, 0.25) is 0 Å². The Hall–Kier alpha value is -0.680. The Balaban J connectivity index is 0.000000845. The van der Waals surface area contributed by atoms with Gasteiger partial charge in [-0.15, -0.1) is 17.0 Å². The lowest BCUT2D eigenvalue weighted by Crippen LogP contribution is -2.05. The minimum absolute atomic E-state index is 0. The Bertz CT molecular complexity index is 481. The lowest BCUT2D eigenvalue weighted by Gasteiger charge is -1.96. The van der Waals surface area contributed by atoms with Gasteiger partial charge in [-0.25, -0.2) is 0 Å². The number of H-pyrrole nitrogens is 1. The van der Waals surface area contributed by atoms with Gasteiger partial charge in [-0.3, -0.25) is 9.78 Å². The van der Waals surface area contributed by atoms with Crippen molar-refractivity contribution in [3.63, 3.8) is 0 Å². The molecule has 2 aromatic rings. The quantitative estimate of drug-likeness (QED) is 0.811. The number of halogens is 2. The molecule has 0 radical (unpaired) electrons. The first kappa shape index (κ1) is 10.4. The highest BCUT2D eigenvalue weighted by Crippen LogP contribution is 2.18. The minimum atomic E-state index is -0.110. The molecule has 3 nitrogen and oxygen atoms in total. The second kappa shape index (κ2) is 4.02. The first-order valence-corrected chi connectivity index (χ1v) is 4.19. The third-order valence-corrected chi connectivity index (χ3v) is 2.31. The Morgan fingerprint density at radius 2 is 2.15 bits per heavy atom. The fraction of sp³-hybridized carbons (Fsp3) is 0. The zero-order valence-corrected chi connectivity index (χ0v) is 9.75. The summed E-state index contributed by atoms with van der Waals surface area (Å²) in [6.07, 6.45) is 4.84. The summed E-state index contributed by atoms with van der Waals surface area (Å²) in [7, 11) is 0. The zero-order valence-electron chi connectivity index (χ0n) is 6.45. The maximum atomic E-state index is 11.2. The molecule has 0 spiro atoms. The monoisotopic (exact) mass is 304 g/mol. The minimum Gasteiger partial charge on any atom is -0.327 e. The van der Waals surface area contributed by atoms with E-state index in [0.29, 0.717) is 5.39 Å². The van der Waals surface area contributed by atoms with Gasteiger partial charge in [-0.05, 0) is 22.0 Å². The Labute approximate surface area is 93.1 Å². The van der Waals surface area contributed by atoms with Crippen LogP contribution in [-0.2, 0) is 0 Å². The Morgan fingerprint density at radius 1 is 1.38 bits per heavy atom. The topological polar surface area (TPSA) is 45.8 Å². The summed E-state index contributed by atoms with van der Waals surface area (Å²) in [5.74, 6) is 0. The van der Waals surface area contributed by atoms with Crippen LogP contribution in [0.3, 0.4) is 0 Å². The fourth-order valence-corrected chi connectivity index (χ4v) is 1.53. The van der Waals surface area contributed by atoms with E-state index in [1.54, 1.807) is 24.7 Å². The van der Waals surface area contributed by atoms with E-state index in [1.165, 1.54) is 0 Å². The molecular formula is C8H6Br2N2O. The van der Waals surface area contributed by atoms with E-state index in [4.69, 9.17) is 0 Å². The number of fused-ring (bicyclic) bond motifs is 1. The number of pyridine rings is 2. The van der Waals surface area contributed by atoms with Gasteiger partial charge in [-0.1, -0.05) is 0 Å². The van der Waals surface area contributed by atoms with Gasteiger partial charge in [-0.2, -0.15) is 0 Å². The molecular weight excluding hydrogens is 300 g/mol. The number of rotatable bonds is 0. The first-order chi connectivity index (χ1) is 5.79. The van der Waals surface area contributed by atoms with Crippen LogP contribution in [0, 0.1) is 0 Å². The highest BCUT2D eigenvalue weighted by molar-refractivity contribution is 9.10. The van der Waals surface area contributed by atoms with E-state index in [9.17, 15) is 4.79 Å². The summed E-state index contributed by atoms with van der Waals surface area (Å²) < 4.78 is 0.875. The molecule has 0 aliphatic rings. The summed E-state index contributed by atoms with van der Waals surface area (Å²) in [6.45, 7) is 0. The Kier molecular flexibility index (Phi) is 3.22. The summed E-state index contributed by atoms with van der Waals surface area (Å²) in [5.41, 5.74) is -0.110. The number of nitrogens with one attached hydrogen (secondary N) is 1. The standard InChI is InChI=1S/C8H5BrN2O.BrH/c9-7-4-11-8(12)6-3-10-2-1-5(6)7;/h1-4H,(H,11,12);1H. The molecule has 0 aliphatic heterocycles. The van der Waals surface area contributed by atoms with Crippen molar-refractivity contribution >= 4 is 43.7 Å². The second-order valence-corrected chi connectivity index (χ2v) is 3.24. The van der Waals surface area contributed by atoms with Crippen LogP contribution in [0.4, 0.5) is 0 Å². The molecule has 2 rings (SSSR count). The molecule has 13 heavy (non-hydrogen) atoms. The predicted molar refractivity (Wildman–Crippen MR) is 60.4 cm³/mol. The molecule has 0 aromatic carbocycles. The number of hydrogen-bond donors (Lipinski definition) is 1. The molecule has 0 saturated carbocycles. The van der Waals surface area contributed by atoms with Gasteiger partial charge in [0.2, 0.25) is 0 Å². The average Bonchev–Trinajstić information content (AvgIpc) is 2.12. The smallest absolute Gasteiger partial charge is 0.257 e. The van der Waals surface area contributed by atoms with Gasteiger partial charge < -0.3 is 4.98 Å². The third-order valence-electron chi connectivity index (χ3n) is 1.65. The second-order valence-electron chi connectivity index (χ2n) is 2.39. The lowest BCUT2D eigenvalue weighted by atomic mass is 10.2. The molecule has 0 bridgehead atoms. The van der Waals surface area contributed by atoms with Gasteiger partial charge in [0.15, 0.2) is 0 Å². The molecule has 0 atom stereocenters. The summed E-state index contributed by atoms with van der Waals surface area (Å²) in [5, 5.41) is 1.49. The number of hydrogen-bond acceptors (Lipinski definition) is 2. The molecule has 0 unspecified atom stereocenters. The van der Waals surface area contributed by atoms with Crippen LogP contribution >= 0.6 is 32.9 Å². The highest BCUT2D eigenvalue weighted by Gasteiger charge is 2.00. The van der Waals surface area contributed by atoms with E-state index in [0.717, 1.165) is 9.86 Å². The number of aromatic nitrogens is 2. The number of nitrogens with zero attached hydrogens (tertiary/aromatic N) is 1. The van der Waals surface area contributed by atoms with Gasteiger partial charge >= 0.3 is 0 Å². The van der Waals surface area contributed by atoms with Crippen molar-refractivity contribution in [2.45, 2.75) is 0 Å². The van der Waals surface area contributed by atoms with Crippen molar-refractivity contribution < 1.29 is 0 Å². The van der Waals surface area contributed by atoms with Crippen molar-refractivity contribution in [2.24, 2.45) is 0 Å². The van der Waals surface area contributed by atoms with Gasteiger partial charge in [0.1, 0.15) is 0 Å². The van der Waals surface area contributed by atoms with Crippen LogP contribution < -0.4 is 5.56 Å². The van der Waals surface area contributed by atoms with Crippen LogP contribution in [0.1, 0.15) is 0 Å². The third kappa shape index (κ3) is 1.81. The molecule has 1 N–H and O–H groups in total. The van der Waals surface area contributed by atoms with Gasteiger partial charge in [0.25, 0.3) is 5.56 Å². The summed E-state index contributed by atoms with van der Waals surface area (Å²) >= 11 is 3.33. The molecule has 0 aliphatic carbocycles. The van der Waals surface area contributed by atoms with Crippen LogP contribution in [0.5, 0.6) is 0 Å². The molecule has 5 heteroatoms. The fourth-order valence-electron chi connectivity index (χ4n) is 1.07. The van der Waals surface area contributed by atoms with Crippen LogP contribution in [-0.4, -0.2) is 9.97 Å². The predicted octanol–water partition coefficient (Wildman–Crippen LogP) is 2.26. The zero-order chi connectivity index (χ0) is 8.55. The summed E-state index contributed by atoms with van der Waals surface area (Å²) in [6, 6.07) is 1.80. The largest absolute Gasteiger partial charge is 0.327 e.